The third kappa shape index (κ3) is 3.06. The highest BCUT2D eigenvalue weighted by atomic mass is 16.5. The standard InChI is InChI=1S/C18H21N3O3/c22-18(14-4-2-1-3-5-14)21-9-6-15(12-21)17-19-16(20-24-17)13-7-10-23-11-8-13/h1-5,13,15H,6-12H2. The van der Waals surface area contributed by atoms with Crippen molar-refractivity contribution in [2.75, 3.05) is 26.3 Å². The van der Waals surface area contributed by atoms with Crippen molar-refractivity contribution in [3.05, 3.63) is 47.6 Å². The quantitative estimate of drug-likeness (QED) is 0.867. The van der Waals surface area contributed by atoms with E-state index in [1.54, 1.807) is 0 Å². The van der Waals surface area contributed by atoms with Crippen LogP contribution in [0.2, 0.25) is 0 Å². The molecule has 2 aliphatic heterocycles. The Bertz CT molecular complexity index is 695. The number of carbonyl (C=O) groups is 1. The van der Waals surface area contributed by atoms with E-state index in [1.165, 1.54) is 0 Å². The molecule has 24 heavy (non-hydrogen) atoms. The zero-order chi connectivity index (χ0) is 16.4. The van der Waals surface area contributed by atoms with Gasteiger partial charge in [0.05, 0.1) is 5.92 Å². The van der Waals surface area contributed by atoms with Gasteiger partial charge < -0.3 is 14.2 Å². The minimum atomic E-state index is 0.0715. The highest BCUT2D eigenvalue weighted by Gasteiger charge is 2.32. The van der Waals surface area contributed by atoms with Crippen LogP contribution in [0.4, 0.5) is 0 Å². The number of ether oxygens (including phenoxy) is 1. The monoisotopic (exact) mass is 327 g/mol. The molecule has 1 aromatic heterocycles. The molecule has 6 heteroatoms. The summed E-state index contributed by atoms with van der Waals surface area (Å²) in [5, 5.41) is 4.17. The Morgan fingerprint density at radius 2 is 1.88 bits per heavy atom. The van der Waals surface area contributed by atoms with Crippen LogP contribution in [0, 0.1) is 0 Å². The van der Waals surface area contributed by atoms with E-state index in [2.05, 4.69) is 10.1 Å². The number of benzene rings is 1. The molecule has 2 aliphatic rings. The second kappa shape index (κ2) is 6.73. The van der Waals surface area contributed by atoms with Gasteiger partial charge in [-0.25, -0.2) is 0 Å². The Balaban J connectivity index is 1.41. The smallest absolute Gasteiger partial charge is 0.253 e. The van der Waals surface area contributed by atoms with Crippen LogP contribution in [0.1, 0.15) is 53.2 Å². The number of aromatic nitrogens is 2. The first kappa shape index (κ1) is 15.3. The maximum absolute atomic E-state index is 12.5. The van der Waals surface area contributed by atoms with E-state index in [4.69, 9.17) is 9.26 Å². The highest BCUT2D eigenvalue weighted by molar-refractivity contribution is 5.94. The molecule has 2 fully saturated rings. The van der Waals surface area contributed by atoms with Crippen LogP contribution >= 0.6 is 0 Å². The van der Waals surface area contributed by atoms with E-state index >= 15 is 0 Å². The molecule has 1 unspecified atom stereocenters. The van der Waals surface area contributed by atoms with Gasteiger partial charge in [-0.3, -0.25) is 4.79 Å². The summed E-state index contributed by atoms with van der Waals surface area (Å²) in [4.78, 5) is 19.0. The molecule has 0 radical (unpaired) electrons. The molecule has 3 heterocycles. The number of hydrogen-bond donors (Lipinski definition) is 0. The maximum Gasteiger partial charge on any atom is 0.253 e. The van der Waals surface area contributed by atoms with Gasteiger partial charge in [0, 0.05) is 37.8 Å². The Kier molecular flexibility index (Phi) is 4.30. The molecule has 0 N–H and O–H groups in total. The largest absolute Gasteiger partial charge is 0.381 e. The average molecular weight is 327 g/mol. The number of nitrogens with zero attached hydrogens (tertiary/aromatic N) is 3. The molecule has 1 atom stereocenters. The van der Waals surface area contributed by atoms with E-state index in [9.17, 15) is 4.79 Å². The summed E-state index contributed by atoms with van der Waals surface area (Å²) in [6.45, 7) is 2.89. The van der Waals surface area contributed by atoms with Gasteiger partial charge in [-0.2, -0.15) is 4.98 Å². The van der Waals surface area contributed by atoms with Crippen molar-refractivity contribution in [1.29, 1.82) is 0 Å². The minimum absolute atomic E-state index is 0.0715. The molecular formula is C18H21N3O3. The first-order valence-electron chi connectivity index (χ1n) is 8.57. The fourth-order valence-electron chi connectivity index (χ4n) is 3.44. The molecule has 6 nitrogen and oxygen atoms in total. The van der Waals surface area contributed by atoms with Gasteiger partial charge in [0.2, 0.25) is 5.89 Å². The van der Waals surface area contributed by atoms with Gasteiger partial charge >= 0.3 is 0 Å². The topological polar surface area (TPSA) is 68.5 Å². The molecule has 0 saturated carbocycles. The Morgan fingerprint density at radius 1 is 1.08 bits per heavy atom. The summed E-state index contributed by atoms with van der Waals surface area (Å²) in [5.41, 5.74) is 0.728. The van der Waals surface area contributed by atoms with Crippen molar-refractivity contribution in [3.63, 3.8) is 0 Å². The molecule has 2 saturated heterocycles. The van der Waals surface area contributed by atoms with Gasteiger partial charge in [-0.1, -0.05) is 23.4 Å². The number of amides is 1. The Morgan fingerprint density at radius 3 is 2.67 bits per heavy atom. The minimum Gasteiger partial charge on any atom is -0.381 e. The molecule has 0 aliphatic carbocycles. The molecular weight excluding hydrogens is 306 g/mol. The van der Waals surface area contributed by atoms with E-state index < -0.39 is 0 Å². The van der Waals surface area contributed by atoms with Crippen LogP contribution < -0.4 is 0 Å². The molecule has 126 valence electrons. The number of likely N-dealkylation sites (tertiary alicyclic amines) is 1. The van der Waals surface area contributed by atoms with Crippen LogP contribution in [-0.4, -0.2) is 47.3 Å². The Labute approximate surface area is 140 Å². The van der Waals surface area contributed by atoms with Crippen molar-refractivity contribution in [1.82, 2.24) is 15.0 Å². The summed E-state index contributed by atoms with van der Waals surface area (Å²) in [7, 11) is 0. The lowest BCUT2D eigenvalue weighted by Gasteiger charge is -2.18. The summed E-state index contributed by atoms with van der Waals surface area (Å²) < 4.78 is 10.9. The summed E-state index contributed by atoms with van der Waals surface area (Å²) in [5.74, 6) is 2.00. The normalized spacial score (nSPS) is 22.0. The zero-order valence-corrected chi connectivity index (χ0v) is 13.6. The summed E-state index contributed by atoms with van der Waals surface area (Å²) in [6, 6.07) is 9.40. The molecule has 1 amide bonds. The van der Waals surface area contributed by atoms with E-state index in [0.717, 1.165) is 50.4 Å². The lowest BCUT2D eigenvalue weighted by atomic mass is 10.00. The van der Waals surface area contributed by atoms with E-state index in [0.29, 0.717) is 18.4 Å². The van der Waals surface area contributed by atoms with Crippen molar-refractivity contribution in [2.45, 2.75) is 31.1 Å². The number of rotatable bonds is 3. The van der Waals surface area contributed by atoms with Gasteiger partial charge in [0.25, 0.3) is 5.91 Å². The van der Waals surface area contributed by atoms with Crippen LogP contribution in [0.25, 0.3) is 0 Å². The van der Waals surface area contributed by atoms with E-state index in [-0.39, 0.29) is 11.8 Å². The highest BCUT2D eigenvalue weighted by Crippen LogP contribution is 2.30. The molecule has 1 aromatic carbocycles. The summed E-state index contributed by atoms with van der Waals surface area (Å²) in [6.07, 6.45) is 2.76. The third-order valence-corrected chi connectivity index (χ3v) is 4.89. The Hall–Kier alpha value is -2.21. The first-order valence-corrected chi connectivity index (χ1v) is 8.57. The van der Waals surface area contributed by atoms with Gasteiger partial charge in [-0.15, -0.1) is 0 Å². The predicted molar refractivity (Wildman–Crippen MR) is 86.8 cm³/mol. The molecule has 0 spiro atoms. The van der Waals surface area contributed by atoms with Crippen LogP contribution in [0.5, 0.6) is 0 Å². The third-order valence-electron chi connectivity index (χ3n) is 4.89. The van der Waals surface area contributed by atoms with Crippen LogP contribution in [0.15, 0.2) is 34.9 Å². The number of carbonyl (C=O) groups excluding carboxylic acids is 1. The van der Waals surface area contributed by atoms with Crippen molar-refractivity contribution < 1.29 is 14.1 Å². The van der Waals surface area contributed by atoms with Crippen LogP contribution in [-0.2, 0) is 4.74 Å². The molecule has 0 bridgehead atoms. The summed E-state index contributed by atoms with van der Waals surface area (Å²) >= 11 is 0. The maximum atomic E-state index is 12.5. The average Bonchev–Trinajstić information content (AvgIpc) is 3.32. The lowest BCUT2D eigenvalue weighted by molar-refractivity contribution is 0.0789. The SMILES string of the molecule is O=C(c1ccccc1)N1CCC(c2nc(C3CCOCC3)no2)C1. The van der Waals surface area contributed by atoms with Crippen molar-refractivity contribution in [3.8, 4) is 0 Å². The second-order valence-electron chi connectivity index (χ2n) is 6.48. The van der Waals surface area contributed by atoms with Crippen molar-refractivity contribution in [2.24, 2.45) is 0 Å². The fourth-order valence-corrected chi connectivity index (χ4v) is 3.44. The molecule has 2 aromatic rings. The predicted octanol–water partition coefficient (Wildman–Crippen LogP) is 2.59. The lowest BCUT2D eigenvalue weighted by Crippen LogP contribution is -2.28. The molecule has 4 rings (SSSR count). The van der Waals surface area contributed by atoms with Crippen molar-refractivity contribution >= 4 is 5.91 Å². The van der Waals surface area contributed by atoms with E-state index in [1.807, 2.05) is 35.2 Å². The van der Waals surface area contributed by atoms with Gasteiger partial charge in [-0.05, 0) is 31.4 Å². The van der Waals surface area contributed by atoms with Crippen LogP contribution in [0.3, 0.4) is 0 Å². The fraction of sp³-hybridized carbons (Fsp3) is 0.500. The zero-order valence-electron chi connectivity index (χ0n) is 13.6. The van der Waals surface area contributed by atoms with Gasteiger partial charge in [0.1, 0.15) is 0 Å². The van der Waals surface area contributed by atoms with Gasteiger partial charge in [0.15, 0.2) is 5.82 Å². The first-order chi connectivity index (χ1) is 11.8. The second-order valence-corrected chi connectivity index (χ2v) is 6.48. The number of hydrogen-bond acceptors (Lipinski definition) is 5.